The van der Waals surface area contributed by atoms with E-state index in [1.165, 1.54) is 39.1 Å². The van der Waals surface area contributed by atoms with Crippen LogP contribution in [0.25, 0.3) is 33.1 Å². The first-order chi connectivity index (χ1) is 13.3. The van der Waals surface area contributed by atoms with Crippen LogP contribution in [0.4, 0.5) is 0 Å². The maximum atomic E-state index is 4.92. The molecule has 0 fully saturated rings. The quantitative estimate of drug-likeness (QED) is 0.577. The molecule has 0 saturated carbocycles. The number of allylic oxidation sites excluding steroid dienone is 3. The smallest absolute Gasteiger partial charge is 0.111 e. The lowest BCUT2D eigenvalue weighted by Crippen LogP contribution is -2.26. The van der Waals surface area contributed by atoms with Crippen LogP contribution < -0.4 is 0 Å². The average Bonchev–Trinajstić information content (AvgIpc) is 3.20. The highest BCUT2D eigenvalue weighted by Gasteiger charge is 2.19. The number of imidazole rings is 1. The first kappa shape index (κ1) is 14.9. The third-order valence-electron chi connectivity index (χ3n) is 5.81. The van der Waals surface area contributed by atoms with Crippen molar-refractivity contribution in [2.45, 2.75) is 13.0 Å². The van der Waals surface area contributed by atoms with Crippen LogP contribution in [0, 0.1) is 0 Å². The largest absolute Gasteiger partial charge is 0.369 e. The molecular formula is C23H20N4. The molecule has 4 heteroatoms. The predicted molar refractivity (Wildman–Crippen MR) is 110 cm³/mol. The second-order valence-electron chi connectivity index (χ2n) is 7.35. The van der Waals surface area contributed by atoms with Gasteiger partial charge in [-0.3, -0.25) is 0 Å². The van der Waals surface area contributed by atoms with Crippen molar-refractivity contribution in [2.75, 3.05) is 13.1 Å². The summed E-state index contributed by atoms with van der Waals surface area (Å²) in [4.78, 5) is 10.6. The Balaban J connectivity index is 1.40. The van der Waals surface area contributed by atoms with Crippen LogP contribution in [0.3, 0.4) is 0 Å². The lowest BCUT2D eigenvalue weighted by molar-refractivity contribution is 0.359. The summed E-state index contributed by atoms with van der Waals surface area (Å²) >= 11 is 0. The van der Waals surface area contributed by atoms with E-state index in [9.17, 15) is 0 Å². The number of fused-ring (bicyclic) bond motifs is 4. The number of H-pyrrole nitrogens is 1. The van der Waals surface area contributed by atoms with Crippen LogP contribution in [0.1, 0.15) is 5.82 Å². The topological polar surface area (TPSA) is 36.9 Å². The highest BCUT2D eigenvalue weighted by atomic mass is 15.2. The Bertz CT molecular complexity index is 1240. The minimum absolute atomic E-state index is 0.983. The molecule has 0 amide bonds. The lowest BCUT2D eigenvalue weighted by atomic mass is 10.0. The summed E-state index contributed by atoms with van der Waals surface area (Å²) in [7, 11) is 0. The van der Waals surface area contributed by atoms with Crippen molar-refractivity contribution < 1.29 is 0 Å². The SMILES string of the molecule is C1=CC(N2CCc3nc4ccc(-c5ccc6[nH]ccc6c5)cc4n3CC2)=C1. The molecular weight excluding hydrogens is 332 g/mol. The van der Waals surface area contributed by atoms with E-state index in [-0.39, 0.29) is 0 Å². The molecule has 2 aromatic carbocycles. The van der Waals surface area contributed by atoms with E-state index in [2.05, 4.69) is 75.1 Å². The number of benzene rings is 2. The van der Waals surface area contributed by atoms with Crippen molar-refractivity contribution in [3.63, 3.8) is 0 Å². The normalized spacial score (nSPS) is 16.3. The molecule has 0 bridgehead atoms. The van der Waals surface area contributed by atoms with E-state index < -0.39 is 0 Å². The van der Waals surface area contributed by atoms with Crippen LogP contribution in [-0.4, -0.2) is 32.5 Å². The van der Waals surface area contributed by atoms with Gasteiger partial charge in [-0.25, -0.2) is 4.98 Å². The van der Waals surface area contributed by atoms with Gasteiger partial charge in [-0.1, -0.05) is 18.2 Å². The Morgan fingerprint density at radius 1 is 0.926 bits per heavy atom. The van der Waals surface area contributed by atoms with Gasteiger partial charge in [0, 0.05) is 43.5 Å². The number of nitrogens with zero attached hydrogens (tertiary/aromatic N) is 3. The second kappa shape index (κ2) is 5.61. The van der Waals surface area contributed by atoms with Gasteiger partial charge in [0.2, 0.25) is 0 Å². The van der Waals surface area contributed by atoms with Gasteiger partial charge in [-0.2, -0.15) is 0 Å². The van der Waals surface area contributed by atoms with Gasteiger partial charge in [0.15, 0.2) is 0 Å². The van der Waals surface area contributed by atoms with Gasteiger partial charge in [0.1, 0.15) is 5.82 Å². The number of hydrogen-bond acceptors (Lipinski definition) is 2. The summed E-state index contributed by atoms with van der Waals surface area (Å²) < 4.78 is 2.41. The van der Waals surface area contributed by atoms with Crippen molar-refractivity contribution in [1.29, 1.82) is 0 Å². The zero-order valence-electron chi connectivity index (χ0n) is 15.0. The Morgan fingerprint density at radius 3 is 2.70 bits per heavy atom. The molecule has 2 aliphatic rings. The van der Waals surface area contributed by atoms with Crippen LogP contribution in [0.2, 0.25) is 0 Å². The minimum atomic E-state index is 0.983. The van der Waals surface area contributed by atoms with Crippen LogP contribution in [0.15, 0.2) is 72.6 Å². The standard InChI is InChI=1S/C23H20N4/c1-2-19(3-1)26-11-9-23-25-21-7-5-17(15-22(21)27(23)13-12-26)16-4-6-20-18(14-16)8-10-24-20/h1-8,10,14-15,24H,9,11-13H2. The van der Waals surface area contributed by atoms with Crippen LogP contribution >= 0.6 is 0 Å². The molecule has 4 nitrogen and oxygen atoms in total. The number of rotatable bonds is 2. The van der Waals surface area contributed by atoms with Gasteiger partial charge in [0.05, 0.1) is 11.0 Å². The Labute approximate surface area is 157 Å². The van der Waals surface area contributed by atoms with Crippen molar-refractivity contribution in [1.82, 2.24) is 19.4 Å². The summed E-state index contributed by atoms with van der Waals surface area (Å²) in [5.41, 5.74) is 7.38. The fourth-order valence-electron chi connectivity index (χ4n) is 4.24. The summed E-state index contributed by atoms with van der Waals surface area (Å²) in [5, 5.41) is 1.25. The summed E-state index contributed by atoms with van der Waals surface area (Å²) in [6, 6.07) is 15.4. The maximum absolute atomic E-state index is 4.92. The zero-order valence-corrected chi connectivity index (χ0v) is 15.0. The molecule has 27 heavy (non-hydrogen) atoms. The van der Waals surface area contributed by atoms with Crippen molar-refractivity contribution in [3.8, 4) is 11.1 Å². The summed E-state index contributed by atoms with van der Waals surface area (Å²) in [6.45, 7) is 3.06. The molecule has 0 atom stereocenters. The zero-order chi connectivity index (χ0) is 17.8. The molecule has 6 rings (SSSR count). The molecule has 3 heterocycles. The summed E-state index contributed by atoms with van der Waals surface area (Å²) in [5.74, 6) is 1.20. The van der Waals surface area contributed by atoms with Crippen molar-refractivity contribution in [3.05, 3.63) is 78.4 Å². The molecule has 1 aliphatic carbocycles. The van der Waals surface area contributed by atoms with Crippen molar-refractivity contribution in [2.24, 2.45) is 0 Å². The van der Waals surface area contributed by atoms with Gasteiger partial charge < -0.3 is 14.5 Å². The van der Waals surface area contributed by atoms with E-state index in [0.29, 0.717) is 0 Å². The number of nitrogens with one attached hydrogen (secondary N) is 1. The Kier molecular flexibility index (Phi) is 3.09. The molecule has 2 aromatic heterocycles. The predicted octanol–water partition coefficient (Wildman–Crippen LogP) is 4.50. The molecule has 1 aliphatic heterocycles. The highest BCUT2D eigenvalue weighted by molar-refractivity contribution is 5.88. The highest BCUT2D eigenvalue weighted by Crippen LogP contribution is 2.29. The van der Waals surface area contributed by atoms with Crippen molar-refractivity contribution >= 4 is 21.9 Å². The fourth-order valence-corrected chi connectivity index (χ4v) is 4.24. The Morgan fingerprint density at radius 2 is 1.81 bits per heavy atom. The molecule has 0 radical (unpaired) electrons. The molecule has 132 valence electrons. The number of aromatic amines is 1. The maximum Gasteiger partial charge on any atom is 0.111 e. The average molecular weight is 352 g/mol. The molecule has 0 saturated heterocycles. The van der Waals surface area contributed by atoms with E-state index >= 15 is 0 Å². The number of hydrogen-bond donors (Lipinski definition) is 1. The molecule has 4 aromatic rings. The third kappa shape index (κ3) is 2.33. The van der Waals surface area contributed by atoms with E-state index in [1.54, 1.807) is 0 Å². The Hall–Kier alpha value is -3.27. The second-order valence-corrected chi connectivity index (χ2v) is 7.35. The lowest BCUT2D eigenvalue weighted by Gasteiger charge is -2.25. The van der Waals surface area contributed by atoms with Crippen LogP contribution in [-0.2, 0) is 13.0 Å². The fraction of sp³-hybridized carbons (Fsp3) is 0.174. The summed E-state index contributed by atoms with van der Waals surface area (Å²) in [6.07, 6.45) is 9.49. The van der Waals surface area contributed by atoms with Gasteiger partial charge in [0.25, 0.3) is 0 Å². The minimum Gasteiger partial charge on any atom is -0.369 e. The molecule has 1 N–H and O–H groups in total. The molecule has 0 spiro atoms. The third-order valence-corrected chi connectivity index (χ3v) is 5.81. The monoisotopic (exact) mass is 352 g/mol. The first-order valence-electron chi connectivity index (χ1n) is 9.55. The first-order valence-corrected chi connectivity index (χ1v) is 9.55. The van der Waals surface area contributed by atoms with Gasteiger partial charge in [-0.05, 0) is 59.0 Å². The van der Waals surface area contributed by atoms with Crippen LogP contribution in [0.5, 0.6) is 0 Å². The molecule has 0 unspecified atom stereocenters. The number of aromatic nitrogens is 3. The van der Waals surface area contributed by atoms with Gasteiger partial charge in [-0.15, -0.1) is 0 Å². The van der Waals surface area contributed by atoms with E-state index in [1.807, 2.05) is 6.20 Å². The van der Waals surface area contributed by atoms with E-state index in [4.69, 9.17) is 4.98 Å². The van der Waals surface area contributed by atoms with E-state index in [0.717, 1.165) is 31.6 Å². The van der Waals surface area contributed by atoms with Gasteiger partial charge >= 0.3 is 0 Å².